The molecule has 1 aromatic heterocycles. The standard InChI is InChI=1S/C7H11N5O2/c8-6(13)5-7(10-11-9-5)12-1-3-14-4-2-12/h1-4H2,(H2,8,13)(H,9,10,11). The summed E-state index contributed by atoms with van der Waals surface area (Å²) in [7, 11) is 0. The number of aromatic amines is 1. The molecule has 2 rings (SSSR count). The first-order valence-corrected chi connectivity index (χ1v) is 4.32. The summed E-state index contributed by atoms with van der Waals surface area (Å²) >= 11 is 0. The number of morpholine rings is 1. The zero-order valence-corrected chi connectivity index (χ0v) is 7.56. The van der Waals surface area contributed by atoms with Crippen molar-refractivity contribution in [2.75, 3.05) is 31.2 Å². The summed E-state index contributed by atoms with van der Waals surface area (Å²) in [5.41, 5.74) is 5.33. The predicted octanol–water partition coefficient (Wildman–Crippen LogP) is -1.26. The summed E-state index contributed by atoms with van der Waals surface area (Å²) < 4.78 is 5.18. The van der Waals surface area contributed by atoms with E-state index >= 15 is 0 Å². The Hall–Kier alpha value is -1.63. The van der Waals surface area contributed by atoms with Crippen molar-refractivity contribution < 1.29 is 9.53 Å². The average molecular weight is 197 g/mol. The van der Waals surface area contributed by atoms with Gasteiger partial charge in [0.1, 0.15) is 0 Å². The third-order valence-electron chi connectivity index (χ3n) is 2.07. The normalized spacial score (nSPS) is 17.0. The summed E-state index contributed by atoms with van der Waals surface area (Å²) in [4.78, 5) is 12.9. The van der Waals surface area contributed by atoms with Crippen molar-refractivity contribution in [1.82, 2.24) is 15.4 Å². The van der Waals surface area contributed by atoms with Gasteiger partial charge in [0.2, 0.25) is 0 Å². The maximum atomic E-state index is 11.0. The summed E-state index contributed by atoms with van der Waals surface area (Å²) in [6, 6.07) is 0. The molecule has 7 heteroatoms. The number of nitrogens with two attached hydrogens (primary N) is 1. The van der Waals surface area contributed by atoms with Crippen LogP contribution in [0.5, 0.6) is 0 Å². The first-order valence-electron chi connectivity index (χ1n) is 4.32. The number of nitrogens with zero attached hydrogens (tertiary/aromatic N) is 3. The van der Waals surface area contributed by atoms with E-state index in [9.17, 15) is 4.79 Å². The Morgan fingerprint density at radius 1 is 1.43 bits per heavy atom. The van der Waals surface area contributed by atoms with Crippen LogP contribution in [0.1, 0.15) is 10.5 Å². The van der Waals surface area contributed by atoms with Gasteiger partial charge in [0.05, 0.1) is 13.2 Å². The van der Waals surface area contributed by atoms with E-state index in [1.54, 1.807) is 0 Å². The van der Waals surface area contributed by atoms with Gasteiger partial charge in [0.15, 0.2) is 11.5 Å². The van der Waals surface area contributed by atoms with Gasteiger partial charge in [-0.3, -0.25) is 4.79 Å². The minimum atomic E-state index is -0.569. The molecule has 0 aromatic carbocycles. The van der Waals surface area contributed by atoms with Crippen molar-refractivity contribution >= 4 is 11.7 Å². The fourth-order valence-electron chi connectivity index (χ4n) is 1.39. The SMILES string of the molecule is NC(=O)c1n[nH]nc1N1CCOCC1. The van der Waals surface area contributed by atoms with Crippen LogP contribution in [-0.4, -0.2) is 47.6 Å². The van der Waals surface area contributed by atoms with Crippen LogP contribution in [0.3, 0.4) is 0 Å². The predicted molar refractivity (Wildman–Crippen MR) is 47.9 cm³/mol. The average Bonchev–Trinajstić information content (AvgIpc) is 2.67. The van der Waals surface area contributed by atoms with Crippen LogP contribution in [0.25, 0.3) is 0 Å². The van der Waals surface area contributed by atoms with E-state index in [1.807, 2.05) is 4.90 Å². The number of amides is 1. The Bertz CT molecular complexity index is 331. The molecule has 0 saturated carbocycles. The highest BCUT2D eigenvalue weighted by molar-refractivity contribution is 5.95. The number of primary amides is 1. The number of nitrogens with one attached hydrogen (secondary N) is 1. The molecular weight excluding hydrogens is 186 g/mol. The van der Waals surface area contributed by atoms with Crippen molar-refractivity contribution in [3.63, 3.8) is 0 Å². The third-order valence-corrected chi connectivity index (χ3v) is 2.07. The molecule has 1 saturated heterocycles. The minimum absolute atomic E-state index is 0.187. The van der Waals surface area contributed by atoms with E-state index in [1.165, 1.54) is 0 Å². The van der Waals surface area contributed by atoms with E-state index in [4.69, 9.17) is 10.5 Å². The van der Waals surface area contributed by atoms with E-state index < -0.39 is 5.91 Å². The number of hydrogen-bond acceptors (Lipinski definition) is 5. The quantitative estimate of drug-likeness (QED) is 0.616. The molecule has 3 N–H and O–H groups in total. The molecule has 1 fully saturated rings. The minimum Gasteiger partial charge on any atom is -0.378 e. The van der Waals surface area contributed by atoms with E-state index in [0.29, 0.717) is 32.1 Å². The van der Waals surface area contributed by atoms with Gasteiger partial charge in [0, 0.05) is 13.1 Å². The first kappa shape index (κ1) is 8.95. The molecule has 7 nitrogen and oxygen atoms in total. The maximum absolute atomic E-state index is 11.0. The van der Waals surface area contributed by atoms with E-state index in [0.717, 1.165) is 0 Å². The van der Waals surface area contributed by atoms with Crippen LogP contribution in [0.15, 0.2) is 0 Å². The van der Waals surface area contributed by atoms with Crippen molar-refractivity contribution in [3.05, 3.63) is 5.69 Å². The Morgan fingerprint density at radius 2 is 2.14 bits per heavy atom. The van der Waals surface area contributed by atoms with Gasteiger partial charge in [-0.2, -0.15) is 5.21 Å². The Kier molecular flexibility index (Phi) is 2.32. The number of hydrogen-bond donors (Lipinski definition) is 2. The molecule has 0 atom stereocenters. The van der Waals surface area contributed by atoms with Gasteiger partial charge in [0.25, 0.3) is 5.91 Å². The lowest BCUT2D eigenvalue weighted by molar-refractivity contribution is 0.0993. The number of ether oxygens (including phenoxy) is 1. The van der Waals surface area contributed by atoms with E-state index in [-0.39, 0.29) is 5.69 Å². The van der Waals surface area contributed by atoms with Crippen LogP contribution in [0, 0.1) is 0 Å². The largest absolute Gasteiger partial charge is 0.378 e. The van der Waals surface area contributed by atoms with Crippen molar-refractivity contribution in [1.29, 1.82) is 0 Å². The zero-order valence-electron chi connectivity index (χ0n) is 7.56. The second kappa shape index (κ2) is 3.62. The van der Waals surface area contributed by atoms with Crippen LogP contribution in [-0.2, 0) is 4.74 Å². The molecule has 76 valence electrons. The van der Waals surface area contributed by atoms with Gasteiger partial charge in [-0.1, -0.05) is 0 Å². The Morgan fingerprint density at radius 3 is 2.79 bits per heavy atom. The zero-order chi connectivity index (χ0) is 9.97. The Labute approximate surface area is 80.2 Å². The highest BCUT2D eigenvalue weighted by atomic mass is 16.5. The van der Waals surface area contributed by atoms with Crippen molar-refractivity contribution in [3.8, 4) is 0 Å². The number of anilines is 1. The Balaban J connectivity index is 2.21. The van der Waals surface area contributed by atoms with Gasteiger partial charge in [-0.25, -0.2) is 0 Å². The summed E-state index contributed by atoms with van der Waals surface area (Å²) in [5.74, 6) is -0.0546. The molecule has 0 spiro atoms. The highest BCUT2D eigenvalue weighted by Gasteiger charge is 2.21. The van der Waals surface area contributed by atoms with Gasteiger partial charge in [-0.15, -0.1) is 10.2 Å². The van der Waals surface area contributed by atoms with Crippen LogP contribution in [0.2, 0.25) is 0 Å². The highest BCUT2D eigenvalue weighted by Crippen LogP contribution is 2.14. The molecule has 1 aromatic rings. The van der Waals surface area contributed by atoms with Gasteiger partial charge >= 0.3 is 0 Å². The topological polar surface area (TPSA) is 97.1 Å². The number of aromatic nitrogens is 3. The molecule has 1 aliphatic heterocycles. The third kappa shape index (κ3) is 1.53. The molecule has 0 unspecified atom stereocenters. The molecule has 0 bridgehead atoms. The number of H-pyrrole nitrogens is 1. The molecular formula is C7H11N5O2. The van der Waals surface area contributed by atoms with Gasteiger partial charge in [-0.05, 0) is 0 Å². The molecule has 1 amide bonds. The lowest BCUT2D eigenvalue weighted by Crippen LogP contribution is -2.37. The molecule has 1 aliphatic rings. The van der Waals surface area contributed by atoms with Crippen molar-refractivity contribution in [2.24, 2.45) is 5.73 Å². The van der Waals surface area contributed by atoms with Gasteiger partial charge < -0.3 is 15.4 Å². The number of carbonyl (C=O) groups is 1. The maximum Gasteiger partial charge on any atom is 0.273 e. The van der Waals surface area contributed by atoms with E-state index in [2.05, 4.69) is 15.4 Å². The number of carbonyl (C=O) groups excluding carboxylic acids is 1. The van der Waals surface area contributed by atoms with Crippen LogP contribution in [0.4, 0.5) is 5.82 Å². The smallest absolute Gasteiger partial charge is 0.273 e. The second-order valence-electron chi connectivity index (χ2n) is 2.96. The monoisotopic (exact) mass is 197 g/mol. The molecule has 2 heterocycles. The van der Waals surface area contributed by atoms with Crippen LogP contribution < -0.4 is 10.6 Å². The fraction of sp³-hybridized carbons (Fsp3) is 0.571. The lowest BCUT2D eigenvalue weighted by Gasteiger charge is -2.26. The van der Waals surface area contributed by atoms with Crippen LogP contribution >= 0.6 is 0 Å². The number of rotatable bonds is 2. The van der Waals surface area contributed by atoms with Crippen molar-refractivity contribution in [2.45, 2.75) is 0 Å². The summed E-state index contributed by atoms with van der Waals surface area (Å²) in [6.45, 7) is 2.66. The summed E-state index contributed by atoms with van der Waals surface area (Å²) in [5, 5.41) is 9.99. The fourth-order valence-corrected chi connectivity index (χ4v) is 1.39. The molecule has 0 aliphatic carbocycles. The lowest BCUT2D eigenvalue weighted by atomic mass is 10.3. The molecule has 0 radical (unpaired) electrons. The first-order chi connectivity index (χ1) is 6.79. The summed E-state index contributed by atoms with van der Waals surface area (Å²) in [6.07, 6.45) is 0. The molecule has 14 heavy (non-hydrogen) atoms. The second-order valence-corrected chi connectivity index (χ2v) is 2.96.